The fourth-order valence-electron chi connectivity index (χ4n) is 4.40. The van der Waals surface area contributed by atoms with Gasteiger partial charge in [0.15, 0.2) is 0 Å². The first-order chi connectivity index (χ1) is 13.4. The van der Waals surface area contributed by atoms with Crippen LogP contribution < -0.4 is 10.2 Å². The van der Waals surface area contributed by atoms with Gasteiger partial charge in [0.1, 0.15) is 11.7 Å². The molecule has 5 rings (SSSR count). The number of amides is 1. The Kier molecular flexibility index (Phi) is 3.82. The Bertz CT molecular complexity index is 901. The van der Waals surface area contributed by atoms with Gasteiger partial charge in [-0.05, 0) is 25.0 Å². The van der Waals surface area contributed by atoms with E-state index in [2.05, 4.69) is 20.2 Å². The van der Waals surface area contributed by atoms with Crippen molar-refractivity contribution in [3.63, 3.8) is 0 Å². The quantitative estimate of drug-likeness (QED) is 0.871. The maximum atomic E-state index is 13.4. The lowest BCUT2D eigenvalue weighted by Crippen LogP contribution is -2.56. The van der Waals surface area contributed by atoms with E-state index in [9.17, 15) is 13.6 Å². The summed E-state index contributed by atoms with van der Waals surface area (Å²) >= 11 is 0. The topological polar surface area (TPSA) is 66.3 Å². The third-order valence-electron chi connectivity index (χ3n) is 5.91. The first-order valence-electron chi connectivity index (χ1n) is 9.58. The lowest BCUT2D eigenvalue weighted by molar-refractivity contribution is -0.138. The number of piperazine rings is 1. The van der Waals surface area contributed by atoms with Crippen LogP contribution >= 0.6 is 0 Å². The number of hydrogen-bond acceptors (Lipinski definition) is 5. The van der Waals surface area contributed by atoms with Crippen LogP contribution in [-0.4, -0.2) is 56.4 Å². The minimum absolute atomic E-state index is 0.0249. The van der Waals surface area contributed by atoms with Gasteiger partial charge in [-0.2, -0.15) is 4.98 Å². The summed E-state index contributed by atoms with van der Waals surface area (Å²) in [5, 5.41) is 3.18. The van der Waals surface area contributed by atoms with Crippen LogP contribution in [-0.2, 0) is 11.8 Å². The van der Waals surface area contributed by atoms with Crippen LogP contribution in [0.2, 0.25) is 0 Å². The average Bonchev–Trinajstić information content (AvgIpc) is 2.96. The molecule has 1 saturated carbocycles. The van der Waals surface area contributed by atoms with Crippen molar-refractivity contribution in [3.05, 3.63) is 30.7 Å². The van der Waals surface area contributed by atoms with Gasteiger partial charge in [-0.1, -0.05) is 0 Å². The molecule has 2 saturated heterocycles. The Morgan fingerprint density at radius 2 is 1.96 bits per heavy atom. The molecule has 2 aromatic rings. The van der Waals surface area contributed by atoms with Crippen molar-refractivity contribution in [2.45, 2.75) is 37.3 Å². The highest BCUT2D eigenvalue weighted by molar-refractivity contribution is 5.84. The number of aromatic nitrogens is 3. The fraction of sp³-hybridized carbons (Fsp3) is 0.526. The summed E-state index contributed by atoms with van der Waals surface area (Å²) in [4.78, 5) is 25.3. The predicted molar refractivity (Wildman–Crippen MR) is 99.7 cm³/mol. The molecule has 2 aliphatic heterocycles. The van der Waals surface area contributed by atoms with Crippen molar-refractivity contribution in [2.24, 2.45) is 13.0 Å². The van der Waals surface area contributed by atoms with E-state index in [1.165, 1.54) is 0 Å². The number of halogens is 2. The number of rotatable bonds is 4. The second-order valence-corrected chi connectivity index (χ2v) is 7.98. The monoisotopic (exact) mass is 388 g/mol. The molecule has 9 heteroatoms. The maximum absolute atomic E-state index is 13.4. The van der Waals surface area contributed by atoms with Gasteiger partial charge < -0.3 is 19.7 Å². The molecule has 1 unspecified atom stereocenters. The van der Waals surface area contributed by atoms with E-state index in [0.29, 0.717) is 19.0 Å². The lowest BCUT2D eigenvalue weighted by Gasteiger charge is -2.41. The normalized spacial score (nSPS) is 27.8. The molecule has 28 heavy (non-hydrogen) atoms. The Labute approximate surface area is 161 Å². The molecule has 7 nitrogen and oxygen atoms in total. The van der Waals surface area contributed by atoms with Gasteiger partial charge in [-0.3, -0.25) is 4.79 Å². The van der Waals surface area contributed by atoms with Crippen LogP contribution in [0.3, 0.4) is 0 Å². The van der Waals surface area contributed by atoms with E-state index >= 15 is 0 Å². The van der Waals surface area contributed by atoms with Gasteiger partial charge >= 0.3 is 0 Å². The maximum Gasteiger partial charge on any atom is 0.260 e. The van der Waals surface area contributed by atoms with E-state index in [1.807, 2.05) is 36.1 Å². The van der Waals surface area contributed by atoms with E-state index in [4.69, 9.17) is 0 Å². The number of anilines is 3. The van der Waals surface area contributed by atoms with Crippen LogP contribution in [0.5, 0.6) is 0 Å². The van der Waals surface area contributed by atoms with Crippen molar-refractivity contribution in [1.82, 2.24) is 19.4 Å². The molecule has 2 aromatic heterocycles. The van der Waals surface area contributed by atoms with E-state index < -0.39 is 11.8 Å². The average molecular weight is 388 g/mol. The standard InChI is InChI=1S/C19H22F2N6O/c1-25-7-5-12(9-25)23-18-22-6-4-16(24-18)26-10-13-2-3-14(11-26)27(13)17(28)15-8-19(15,20)21/h4-7,9,13-15H,2-3,8,10-11H2,1H3,(H,22,23,24)/t13-,14+,15?. The molecule has 1 N–H and O–H groups in total. The Morgan fingerprint density at radius 1 is 1.25 bits per heavy atom. The zero-order valence-electron chi connectivity index (χ0n) is 15.6. The third-order valence-corrected chi connectivity index (χ3v) is 5.91. The van der Waals surface area contributed by atoms with Crippen LogP contribution in [0.4, 0.5) is 26.2 Å². The van der Waals surface area contributed by atoms with Gasteiger partial charge in [0.05, 0.1) is 5.69 Å². The highest BCUT2D eigenvalue weighted by atomic mass is 19.3. The molecule has 3 aliphatic rings. The number of aryl methyl sites for hydroxylation is 1. The van der Waals surface area contributed by atoms with Crippen LogP contribution in [0.15, 0.2) is 30.7 Å². The third kappa shape index (κ3) is 2.98. The molecule has 0 aromatic carbocycles. The number of carbonyl (C=O) groups is 1. The molecule has 1 amide bonds. The molecule has 148 valence electrons. The molecule has 2 bridgehead atoms. The zero-order chi connectivity index (χ0) is 19.5. The van der Waals surface area contributed by atoms with Crippen molar-refractivity contribution in [3.8, 4) is 0 Å². The van der Waals surface area contributed by atoms with E-state index in [-0.39, 0.29) is 24.4 Å². The minimum Gasteiger partial charge on any atom is -0.355 e. The molecule has 0 spiro atoms. The molecule has 0 radical (unpaired) electrons. The smallest absolute Gasteiger partial charge is 0.260 e. The van der Waals surface area contributed by atoms with Gasteiger partial charge in [-0.15, -0.1) is 0 Å². The molecule has 4 heterocycles. The van der Waals surface area contributed by atoms with Gasteiger partial charge in [0.25, 0.3) is 5.92 Å². The summed E-state index contributed by atoms with van der Waals surface area (Å²) < 4.78 is 28.7. The van der Waals surface area contributed by atoms with Crippen molar-refractivity contribution in [1.29, 1.82) is 0 Å². The number of hydrogen-bond donors (Lipinski definition) is 1. The van der Waals surface area contributed by atoms with Gasteiger partial charge in [0, 0.05) is 57.2 Å². The van der Waals surface area contributed by atoms with Crippen molar-refractivity contribution in [2.75, 3.05) is 23.3 Å². The molecule has 1 aliphatic carbocycles. The second-order valence-electron chi connectivity index (χ2n) is 7.98. The zero-order valence-corrected chi connectivity index (χ0v) is 15.6. The summed E-state index contributed by atoms with van der Waals surface area (Å²) in [6.45, 7) is 1.23. The Morgan fingerprint density at radius 3 is 2.57 bits per heavy atom. The highest BCUT2D eigenvalue weighted by Gasteiger charge is 2.64. The van der Waals surface area contributed by atoms with Crippen LogP contribution in [0, 0.1) is 5.92 Å². The highest BCUT2D eigenvalue weighted by Crippen LogP contribution is 2.51. The first kappa shape index (κ1) is 17.4. The molecule has 3 atom stereocenters. The summed E-state index contributed by atoms with van der Waals surface area (Å²) in [6.07, 6.45) is 6.98. The largest absolute Gasteiger partial charge is 0.355 e. The number of alkyl halides is 2. The first-order valence-corrected chi connectivity index (χ1v) is 9.58. The number of fused-ring (bicyclic) bond motifs is 2. The Balaban J connectivity index is 1.30. The number of nitrogens with one attached hydrogen (secondary N) is 1. The lowest BCUT2D eigenvalue weighted by atomic mass is 10.1. The fourth-order valence-corrected chi connectivity index (χ4v) is 4.40. The summed E-state index contributed by atoms with van der Waals surface area (Å²) in [5.74, 6) is -2.99. The molecular weight excluding hydrogens is 366 g/mol. The number of carbonyl (C=O) groups excluding carboxylic acids is 1. The molecular formula is C19H22F2N6O. The minimum atomic E-state index is -2.81. The van der Waals surface area contributed by atoms with Gasteiger partial charge in [-0.25, -0.2) is 13.8 Å². The summed E-state index contributed by atoms with van der Waals surface area (Å²) in [7, 11) is 1.94. The predicted octanol–water partition coefficient (Wildman–Crippen LogP) is 2.39. The number of nitrogens with zero attached hydrogens (tertiary/aromatic N) is 5. The van der Waals surface area contributed by atoms with Crippen molar-refractivity contribution < 1.29 is 13.6 Å². The van der Waals surface area contributed by atoms with E-state index in [0.717, 1.165) is 24.3 Å². The Hall–Kier alpha value is -2.71. The summed E-state index contributed by atoms with van der Waals surface area (Å²) in [5.41, 5.74) is 0.903. The van der Waals surface area contributed by atoms with Crippen molar-refractivity contribution >= 4 is 23.4 Å². The SMILES string of the molecule is Cn1ccc(Nc2nccc(N3C[C@H]4CC[C@@H](C3)N4C(=O)C3CC3(F)F)n2)c1. The van der Waals surface area contributed by atoms with Gasteiger partial charge in [0.2, 0.25) is 11.9 Å². The second kappa shape index (κ2) is 6.15. The molecule has 3 fully saturated rings. The van der Waals surface area contributed by atoms with Crippen LogP contribution in [0.25, 0.3) is 0 Å². The van der Waals surface area contributed by atoms with E-state index in [1.54, 1.807) is 11.1 Å². The van der Waals surface area contributed by atoms with Crippen LogP contribution in [0.1, 0.15) is 19.3 Å². The summed E-state index contributed by atoms with van der Waals surface area (Å²) in [6, 6.07) is 3.74.